The van der Waals surface area contributed by atoms with Crippen LogP contribution in [-0.4, -0.2) is 14.8 Å². The first kappa shape index (κ1) is 12.5. The lowest BCUT2D eigenvalue weighted by Crippen LogP contribution is -2.00. The van der Waals surface area contributed by atoms with Crippen molar-refractivity contribution in [2.75, 3.05) is 5.73 Å². The summed E-state index contributed by atoms with van der Waals surface area (Å²) in [5.74, 6) is 0. The maximum atomic E-state index is 6.20. The summed E-state index contributed by atoms with van der Waals surface area (Å²) in [5.41, 5.74) is 7.16. The molecule has 0 saturated carbocycles. The highest BCUT2D eigenvalue weighted by Gasteiger charge is 2.15. The first-order valence-corrected chi connectivity index (χ1v) is 6.94. The SMILES string of the molecule is Nc1ncc(-c2ccnn2-c2c(Cl)cccc2Cl)s1. The quantitative estimate of drug-likeness (QED) is 0.781. The van der Waals surface area contributed by atoms with Crippen LogP contribution in [0.1, 0.15) is 0 Å². The summed E-state index contributed by atoms with van der Waals surface area (Å²) in [7, 11) is 0. The third kappa shape index (κ3) is 2.20. The molecule has 0 unspecified atom stereocenters. The number of rotatable bonds is 2. The molecule has 3 aromatic rings. The lowest BCUT2D eigenvalue weighted by atomic mass is 10.3. The highest BCUT2D eigenvalue weighted by Crippen LogP contribution is 2.34. The van der Waals surface area contributed by atoms with E-state index in [4.69, 9.17) is 28.9 Å². The van der Waals surface area contributed by atoms with E-state index in [1.165, 1.54) is 11.3 Å². The molecule has 0 aliphatic rings. The fourth-order valence-electron chi connectivity index (χ4n) is 1.77. The van der Waals surface area contributed by atoms with Gasteiger partial charge in [0.25, 0.3) is 0 Å². The van der Waals surface area contributed by atoms with E-state index in [0.717, 1.165) is 10.6 Å². The molecule has 0 spiro atoms. The van der Waals surface area contributed by atoms with Crippen LogP contribution in [0, 0.1) is 0 Å². The predicted molar refractivity (Wildman–Crippen MR) is 79.1 cm³/mol. The van der Waals surface area contributed by atoms with Gasteiger partial charge >= 0.3 is 0 Å². The molecule has 0 aliphatic heterocycles. The van der Waals surface area contributed by atoms with E-state index in [1.807, 2.05) is 6.07 Å². The van der Waals surface area contributed by atoms with E-state index in [1.54, 1.807) is 35.3 Å². The van der Waals surface area contributed by atoms with Gasteiger partial charge in [-0.1, -0.05) is 40.6 Å². The molecule has 0 atom stereocenters. The van der Waals surface area contributed by atoms with Crippen molar-refractivity contribution in [2.45, 2.75) is 0 Å². The molecule has 0 bridgehead atoms. The largest absolute Gasteiger partial charge is 0.375 e. The third-order valence-corrected chi connectivity index (χ3v) is 4.03. The van der Waals surface area contributed by atoms with Crippen molar-refractivity contribution < 1.29 is 0 Å². The Bertz CT molecular complexity index is 715. The molecule has 7 heteroatoms. The molecule has 0 radical (unpaired) electrons. The first-order chi connectivity index (χ1) is 9.16. The minimum atomic E-state index is 0.507. The Hall–Kier alpha value is -1.56. The first-order valence-electron chi connectivity index (χ1n) is 5.37. The summed E-state index contributed by atoms with van der Waals surface area (Å²) in [5, 5.41) is 5.86. The monoisotopic (exact) mass is 310 g/mol. The molecule has 1 aromatic carbocycles. The van der Waals surface area contributed by atoms with Crippen LogP contribution in [0.25, 0.3) is 16.3 Å². The van der Waals surface area contributed by atoms with Gasteiger partial charge in [-0.05, 0) is 18.2 Å². The van der Waals surface area contributed by atoms with Gasteiger partial charge in [0.2, 0.25) is 0 Å². The van der Waals surface area contributed by atoms with Crippen LogP contribution in [0.3, 0.4) is 0 Å². The number of hydrogen-bond donors (Lipinski definition) is 1. The smallest absolute Gasteiger partial charge is 0.180 e. The predicted octanol–water partition coefficient (Wildman–Crippen LogP) is 3.88. The standard InChI is InChI=1S/C12H8Cl2N4S/c13-7-2-1-3-8(14)11(7)18-9(4-5-17-18)10-6-16-12(15)19-10/h1-6H,(H2,15,16). The summed E-state index contributed by atoms with van der Waals surface area (Å²) in [6.07, 6.45) is 3.39. The van der Waals surface area contributed by atoms with Crippen molar-refractivity contribution in [3.8, 4) is 16.3 Å². The van der Waals surface area contributed by atoms with Crippen LogP contribution in [-0.2, 0) is 0 Å². The number of halogens is 2. The summed E-state index contributed by atoms with van der Waals surface area (Å²) >= 11 is 13.8. The van der Waals surface area contributed by atoms with E-state index < -0.39 is 0 Å². The third-order valence-electron chi connectivity index (χ3n) is 2.57. The normalized spacial score (nSPS) is 10.8. The van der Waals surface area contributed by atoms with Gasteiger partial charge in [0.1, 0.15) is 5.69 Å². The van der Waals surface area contributed by atoms with Crippen LogP contribution >= 0.6 is 34.5 Å². The molecule has 0 fully saturated rings. The molecule has 2 heterocycles. The van der Waals surface area contributed by atoms with Crippen molar-refractivity contribution in [1.29, 1.82) is 0 Å². The lowest BCUT2D eigenvalue weighted by Gasteiger charge is -2.09. The molecule has 96 valence electrons. The number of nitrogens with zero attached hydrogens (tertiary/aromatic N) is 3. The Kier molecular flexibility index (Phi) is 3.18. The fourth-order valence-corrected chi connectivity index (χ4v) is 3.02. The van der Waals surface area contributed by atoms with E-state index >= 15 is 0 Å². The molecular weight excluding hydrogens is 303 g/mol. The molecule has 0 amide bonds. The van der Waals surface area contributed by atoms with Gasteiger partial charge in [0.05, 0.1) is 26.8 Å². The summed E-state index contributed by atoms with van der Waals surface area (Å²) in [6, 6.07) is 7.21. The van der Waals surface area contributed by atoms with E-state index in [-0.39, 0.29) is 0 Å². The topological polar surface area (TPSA) is 56.7 Å². The molecule has 19 heavy (non-hydrogen) atoms. The zero-order valence-corrected chi connectivity index (χ0v) is 11.9. The van der Waals surface area contributed by atoms with Gasteiger partial charge < -0.3 is 5.73 Å². The number of aromatic nitrogens is 3. The van der Waals surface area contributed by atoms with Gasteiger partial charge in [-0.3, -0.25) is 0 Å². The number of nitrogen functional groups attached to an aromatic ring is 1. The van der Waals surface area contributed by atoms with Gasteiger partial charge in [-0.25, -0.2) is 9.67 Å². The number of thiazole rings is 1. The molecular formula is C12H8Cl2N4S. The number of para-hydroxylation sites is 1. The van der Waals surface area contributed by atoms with E-state index in [2.05, 4.69) is 10.1 Å². The Balaban J connectivity index is 2.20. The molecule has 4 nitrogen and oxygen atoms in total. The number of nitrogens with two attached hydrogens (primary N) is 1. The highest BCUT2D eigenvalue weighted by atomic mass is 35.5. The second kappa shape index (κ2) is 4.85. The second-order valence-corrected chi connectivity index (χ2v) is 5.64. The van der Waals surface area contributed by atoms with Crippen molar-refractivity contribution in [3.05, 3.63) is 46.7 Å². The average molecular weight is 311 g/mol. The Morgan fingerprint density at radius 1 is 1.16 bits per heavy atom. The highest BCUT2D eigenvalue weighted by molar-refractivity contribution is 7.18. The van der Waals surface area contributed by atoms with Crippen LogP contribution in [0.4, 0.5) is 5.13 Å². The van der Waals surface area contributed by atoms with Crippen LogP contribution in [0.5, 0.6) is 0 Å². The summed E-state index contributed by atoms with van der Waals surface area (Å²) < 4.78 is 1.69. The molecule has 0 aliphatic carbocycles. The maximum absolute atomic E-state index is 6.20. The minimum Gasteiger partial charge on any atom is -0.375 e. The number of anilines is 1. The molecule has 3 rings (SSSR count). The Labute approximate surface area is 123 Å². The van der Waals surface area contributed by atoms with Crippen LogP contribution in [0.15, 0.2) is 36.7 Å². The second-order valence-electron chi connectivity index (χ2n) is 3.76. The van der Waals surface area contributed by atoms with Crippen molar-refractivity contribution in [1.82, 2.24) is 14.8 Å². The van der Waals surface area contributed by atoms with Gasteiger partial charge in [-0.15, -0.1) is 0 Å². The summed E-state index contributed by atoms with van der Waals surface area (Å²) in [4.78, 5) is 4.95. The molecule has 0 saturated heterocycles. The van der Waals surface area contributed by atoms with Crippen molar-refractivity contribution >= 4 is 39.7 Å². The summed E-state index contributed by atoms with van der Waals surface area (Å²) in [6.45, 7) is 0. The van der Waals surface area contributed by atoms with Crippen LogP contribution < -0.4 is 5.73 Å². The fraction of sp³-hybridized carbons (Fsp3) is 0. The van der Waals surface area contributed by atoms with E-state index in [0.29, 0.717) is 20.9 Å². The Morgan fingerprint density at radius 2 is 1.89 bits per heavy atom. The van der Waals surface area contributed by atoms with Gasteiger partial charge in [0, 0.05) is 6.20 Å². The zero-order valence-electron chi connectivity index (χ0n) is 9.55. The van der Waals surface area contributed by atoms with E-state index in [9.17, 15) is 0 Å². The van der Waals surface area contributed by atoms with Crippen LogP contribution in [0.2, 0.25) is 10.0 Å². The minimum absolute atomic E-state index is 0.507. The Morgan fingerprint density at radius 3 is 2.53 bits per heavy atom. The number of hydrogen-bond acceptors (Lipinski definition) is 4. The van der Waals surface area contributed by atoms with Crippen molar-refractivity contribution in [3.63, 3.8) is 0 Å². The maximum Gasteiger partial charge on any atom is 0.180 e. The molecule has 2 aromatic heterocycles. The number of benzene rings is 1. The zero-order chi connectivity index (χ0) is 13.4. The average Bonchev–Trinajstić information content (AvgIpc) is 2.97. The van der Waals surface area contributed by atoms with Gasteiger partial charge in [0.15, 0.2) is 5.13 Å². The van der Waals surface area contributed by atoms with Crippen molar-refractivity contribution in [2.24, 2.45) is 0 Å². The lowest BCUT2D eigenvalue weighted by molar-refractivity contribution is 0.890. The molecule has 2 N–H and O–H groups in total. The van der Waals surface area contributed by atoms with Gasteiger partial charge in [-0.2, -0.15) is 5.10 Å².